The van der Waals surface area contributed by atoms with Crippen molar-refractivity contribution in [2.45, 2.75) is 25.4 Å². The molecule has 2 heterocycles. The third-order valence-electron chi connectivity index (χ3n) is 3.70. The molecule has 1 aliphatic carbocycles. The van der Waals surface area contributed by atoms with Crippen LogP contribution in [-0.4, -0.2) is 9.55 Å². The summed E-state index contributed by atoms with van der Waals surface area (Å²) in [4.78, 5) is 4.72. The van der Waals surface area contributed by atoms with Gasteiger partial charge in [0, 0.05) is 12.6 Å². The molecule has 102 valence electrons. The number of imidazole rings is 1. The SMILES string of the molecule is NCc1ccc2c(c1)nc(-c1ccc(Cl)o1)n2C1CC1. The van der Waals surface area contributed by atoms with E-state index in [0.29, 0.717) is 23.6 Å². The van der Waals surface area contributed by atoms with Crippen LogP contribution < -0.4 is 5.73 Å². The van der Waals surface area contributed by atoms with E-state index in [1.807, 2.05) is 12.1 Å². The predicted molar refractivity (Wildman–Crippen MR) is 78.6 cm³/mol. The van der Waals surface area contributed by atoms with Gasteiger partial charge in [-0.05, 0) is 54.3 Å². The number of nitrogens with two attached hydrogens (primary N) is 1. The summed E-state index contributed by atoms with van der Waals surface area (Å²) in [6.07, 6.45) is 2.37. The molecule has 0 bridgehead atoms. The highest BCUT2D eigenvalue weighted by Gasteiger charge is 2.29. The highest BCUT2D eigenvalue weighted by molar-refractivity contribution is 6.28. The maximum absolute atomic E-state index is 5.88. The first kappa shape index (κ1) is 12.0. The van der Waals surface area contributed by atoms with Crippen LogP contribution in [-0.2, 0) is 6.54 Å². The van der Waals surface area contributed by atoms with E-state index in [-0.39, 0.29) is 0 Å². The van der Waals surface area contributed by atoms with Crippen molar-refractivity contribution >= 4 is 22.6 Å². The van der Waals surface area contributed by atoms with Gasteiger partial charge in [-0.15, -0.1) is 0 Å². The van der Waals surface area contributed by atoms with Crippen molar-refractivity contribution in [3.63, 3.8) is 0 Å². The quantitative estimate of drug-likeness (QED) is 0.798. The lowest BCUT2D eigenvalue weighted by molar-refractivity contribution is 0.572. The van der Waals surface area contributed by atoms with Crippen LogP contribution in [0.1, 0.15) is 24.4 Å². The molecule has 4 nitrogen and oxygen atoms in total. The molecule has 2 aromatic heterocycles. The van der Waals surface area contributed by atoms with Crippen LogP contribution >= 0.6 is 11.6 Å². The molecule has 0 radical (unpaired) electrons. The van der Waals surface area contributed by atoms with Gasteiger partial charge in [0.05, 0.1) is 11.0 Å². The Labute approximate surface area is 121 Å². The van der Waals surface area contributed by atoms with E-state index >= 15 is 0 Å². The summed E-state index contributed by atoms with van der Waals surface area (Å²) in [6.45, 7) is 0.522. The van der Waals surface area contributed by atoms with Gasteiger partial charge in [-0.2, -0.15) is 0 Å². The Balaban J connectivity index is 1.96. The fourth-order valence-corrected chi connectivity index (χ4v) is 2.73. The molecule has 1 saturated carbocycles. The number of hydrogen-bond acceptors (Lipinski definition) is 3. The van der Waals surface area contributed by atoms with E-state index in [2.05, 4.69) is 16.7 Å². The summed E-state index contributed by atoms with van der Waals surface area (Å²) >= 11 is 5.88. The molecule has 0 atom stereocenters. The van der Waals surface area contributed by atoms with Gasteiger partial charge < -0.3 is 14.7 Å². The van der Waals surface area contributed by atoms with E-state index in [1.165, 1.54) is 12.8 Å². The summed E-state index contributed by atoms with van der Waals surface area (Å²) < 4.78 is 7.79. The summed E-state index contributed by atoms with van der Waals surface area (Å²) in [5.74, 6) is 1.57. The molecule has 5 heteroatoms. The molecule has 4 rings (SSSR count). The number of benzene rings is 1. The summed E-state index contributed by atoms with van der Waals surface area (Å²) in [6, 6.07) is 10.3. The first-order chi connectivity index (χ1) is 9.76. The van der Waals surface area contributed by atoms with Crippen LogP contribution in [0.4, 0.5) is 0 Å². The first-order valence-corrected chi connectivity index (χ1v) is 7.10. The summed E-state index contributed by atoms with van der Waals surface area (Å²) in [7, 11) is 0. The van der Waals surface area contributed by atoms with Crippen molar-refractivity contribution < 1.29 is 4.42 Å². The van der Waals surface area contributed by atoms with Crippen LogP contribution in [0.5, 0.6) is 0 Å². The summed E-state index contributed by atoms with van der Waals surface area (Å²) in [5, 5.41) is 0.386. The molecule has 3 aromatic rings. The number of rotatable bonds is 3. The number of furan rings is 1. The minimum absolute atomic E-state index is 0.386. The van der Waals surface area contributed by atoms with Gasteiger partial charge in [0.25, 0.3) is 0 Å². The monoisotopic (exact) mass is 287 g/mol. The average Bonchev–Trinajstić information content (AvgIpc) is 3.09. The summed E-state index contributed by atoms with van der Waals surface area (Å²) in [5.41, 5.74) is 8.88. The Hall–Kier alpha value is -1.78. The number of hydrogen-bond donors (Lipinski definition) is 1. The highest BCUT2D eigenvalue weighted by atomic mass is 35.5. The van der Waals surface area contributed by atoms with Gasteiger partial charge in [-0.3, -0.25) is 0 Å². The number of halogens is 1. The fourth-order valence-electron chi connectivity index (χ4n) is 2.58. The average molecular weight is 288 g/mol. The third-order valence-corrected chi connectivity index (χ3v) is 3.90. The Morgan fingerprint density at radius 1 is 1.30 bits per heavy atom. The zero-order chi connectivity index (χ0) is 13.7. The Morgan fingerprint density at radius 3 is 2.80 bits per heavy atom. The zero-order valence-electron chi connectivity index (χ0n) is 10.8. The van der Waals surface area contributed by atoms with E-state index in [1.54, 1.807) is 6.07 Å². The van der Waals surface area contributed by atoms with E-state index in [4.69, 9.17) is 26.7 Å². The number of nitrogens with zero attached hydrogens (tertiary/aromatic N) is 2. The van der Waals surface area contributed by atoms with Gasteiger partial charge >= 0.3 is 0 Å². The maximum atomic E-state index is 5.88. The van der Waals surface area contributed by atoms with Crippen molar-refractivity contribution in [2.24, 2.45) is 5.73 Å². The maximum Gasteiger partial charge on any atom is 0.194 e. The predicted octanol–water partition coefficient (Wildman–Crippen LogP) is 3.74. The molecule has 0 aliphatic heterocycles. The smallest absolute Gasteiger partial charge is 0.194 e. The molecule has 20 heavy (non-hydrogen) atoms. The Bertz CT molecular complexity index is 786. The van der Waals surface area contributed by atoms with Crippen molar-refractivity contribution in [3.8, 4) is 11.6 Å². The topological polar surface area (TPSA) is 57.0 Å². The molecule has 1 aliphatic rings. The minimum atomic E-state index is 0.386. The molecule has 0 amide bonds. The Morgan fingerprint density at radius 2 is 2.15 bits per heavy atom. The minimum Gasteiger partial charge on any atom is -0.441 e. The van der Waals surface area contributed by atoms with Gasteiger partial charge in [0.15, 0.2) is 16.8 Å². The standard InChI is InChI=1S/C15H14ClN3O/c16-14-6-5-13(20-14)15-18-11-7-9(8-17)1-4-12(11)19(15)10-2-3-10/h1,4-7,10H,2-3,8,17H2. The van der Waals surface area contributed by atoms with Gasteiger partial charge in [-0.25, -0.2) is 4.98 Å². The van der Waals surface area contributed by atoms with E-state index < -0.39 is 0 Å². The van der Waals surface area contributed by atoms with Gasteiger partial charge in [-0.1, -0.05) is 6.07 Å². The van der Waals surface area contributed by atoms with Crippen molar-refractivity contribution in [1.29, 1.82) is 0 Å². The van der Waals surface area contributed by atoms with Crippen LogP contribution in [0.15, 0.2) is 34.7 Å². The highest BCUT2D eigenvalue weighted by Crippen LogP contribution is 2.41. The number of aromatic nitrogens is 2. The lowest BCUT2D eigenvalue weighted by atomic mass is 10.2. The lowest BCUT2D eigenvalue weighted by Crippen LogP contribution is -1.97. The van der Waals surface area contributed by atoms with Crippen LogP contribution in [0.3, 0.4) is 0 Å². The van der Waals surface area contributed by atoms with E-state index in [0.717, 1.165) is 22.4 Å². The second-order valence-corrected chi connectivity index (χ2v) is 5.54. The van der Waals surface area contributed by atoms with E-state index in [9.17, 15) is 0 Å². The second kappa shape index (κ2) is 4.36. The molecule has 0 spiro atoms. The normalized spacial score (nSPS) is 15.1. The van der Waals surface area contributed by atoms with Crippen LogP contribution in [0.2, 0.25) is 5.22 Å². The van der Waals surface area contributed by atoms with Crippen LogP contribution in [0, 0.1) is 0 Å². The molecule has 0 saturated heterocycles. The molecule has 2 N–H and O–H groups in total. The number of fused-ring (bicyclic) bond motifs is 1. The van der Waals surface area contributed by atoms with Gasteiger partial charge in [0.2, 0.25) is 0 Å². The van der Waals surface area contributed by atoms with Crippen LogP contribution in [0.25, 0.3) is 22.6 Å². The Kier molecular flexibility index (Phi) is 2.62. The molecule has 1 fully saturated rings. The molecule has 0 unspecified atom stereocenters. The second-order valence-electron chi connectivity index (χ2n) is 5.17. The van der Waals surface area contributed by atoms with Gasteiger partial charge in [0.1, 0.15) is 0 Å². The van der Waals surface area contributed by atoms with Crippen molar-refractivity contribution in [3.05, 3.63) is 41.1 Å². The molecule has 1 aromatic carbocycles. The largest absolute Gasteiger partial charge is 0.441 e. The lowest BCUT2D eigenvalue weighted by Gasteiger charge is -2.05. The zero-order valence-corrected chi connectivity index (χ0v) is 11.6. The first-order valence-electron chi connectivity index (χ1n) is 6.73. The van der Waals surface area contributed by atoms with Crippen molar-refractivity contribution in [2.75, 3.05) is 0 Å². The molecular formula is C15H14ClN3O. The third kappa shape index (κ3) is 1.84. The molecular weight excluding hydrogens is 274 g/mol. The fraction of sp³-hybridized carbons (Fsp3) is 0.267. The van der Waals surface area contributed by atoms with Crippen molar-refractivity contribution in [1.82, 2.24) is 9.55 Å².